The van der Waals surface area contributed by atoms with E-state index in [-0.39, 0.29) is 17.7 Å². The fourth-order valence-corrected chi connectivity index (χ4v) is 3.40. The number of aromatic amines is 1. The Labute approximate surface area is 190 Å². The zero-order valence-electron chi connectivity index (χ0n) is 17.4. The minimum absolute atomic E-state index is 0.214. The van der Waals surface area contributed by atoms with Crippen molar-refractivity contribution in [2.75, 3.05) is 13.6 Å². The van der Waals surface area contributed by atoms with Crippen molar-refractivity contribution in [1.29, 1.82) is 0 Å². The van der Waals surface area contributed by atoms with Gasteiger partial charge in [-0.05, 0) is 42.1 Å². The van der Waals surface area contributed by atoms with Crippen molar-refractivity contribution < 1.29 is 14.7 Å². The van der Waals surface area contributed by atoms with Crippen LogP contribution < -0.4 is 10.6 Å². The summed E-state index contributed by atoms with van der Waals surface area (Å²) in [5.74, 6) is 0.496. The Bertz CT molecular complexity index is 1170. The summed E-state index contributed by atoms with van der Waals surface area (Å²) in [5.41, 5.74) is 3.70. The molecule has 0 aliphatic rings. The second kappa shape index (κ2) is 10.6. The van der Waals surface area contributed by atoms with Gasteiger partial charge in [-0.2, -0.15) is 0 Å². The van der Waals surface area contributed by atoms with Crippen LogP contribution in [0.4, 0.5) is 0 Å². The molecular formula is C24H23ClN4O3. The highest BCUT2D eigenvalue weighted by Crippen LogP contribution is 2.24. The summed E-state index contributed by atoms with van der Waals surface area (Å²) in [6.45, 7) is 4.11. The molecule has 0 spiro atoms. The van der Waals surface area contributed by atoms with E-state index < -0.39 is 6.10 Å². The molecule has 164 valence electrons. The molecule has 3 rings (SSSR count). The molecule has 0 radical (unpaired) electrons. The lowest BCUT2D eigenvalue weighted by Gasteiger charge is -2.16. The standard InChI is InChI=1S/C24H23ClN4O3/c1-3-19(24-28-21-10-16(13-30)17(14-31)11-22(21)29-24)20(7-8-26-2)27-12-23(32)15-5-4-6-18(25)9-15/h3-11,13-14,23,26-27,32H,1,12H2,2H3,(H,28,29)/b8-7-,20-19-. The minimum Gasteiger partial charge on any atom is -0.394 e. The van der Waals surface area contributed by atoms with Crippen molar-refractivity contribution in [2.45, 2.75) is 6.10 Å². The first kappa shape index (κ1) is 23.0. The molecule has 0 fully saturated rings. The van der Waals surface area contributed by atoms with Crippen molar-refractivity contribution in [1.82, 2.24) is 20.6 Å². The number of aliphatic hydroxyl groups is 1. The summed E-state index contributed by atoms with van der Waals surface area (Å²) >= 11 is 6.03. The third-order valence-electron chi connectivity index (χ3n) is 4.83. The second-order valence-electron chi connectivity index (χ2n) is 6.92. The van der Waals surface area contributed by atoms with E-state index in [0.717, 1.165) is 0 Å². The number of rotatable bonds is 10. The van der Waals surface area contributed by atoms with Crippen LogP contribution in [0.25, 0.3) is 16.6 Å². The predicted octanol–water partition coefficient (Wildman–Crippen LogP) is 3.79. The average molecular weight is 451 g/mol. The first-order valence-electron chi connectivity index (χ1n) is 9.83. The van der Waals surface area contributed by atoms with Crippen LogP contribution in [0.5, 0.6) is 0 Å². The number of aromatic nitrogens is 2. The van der Waals surface area contributed by atoms with E-state index in [1.165, 1.54) is 0 Å². The molecule has 1 heterocycles. The summed E-state index contributed by atoms with van der Waals surface area (Å²) in [7, 11) is 1.77. The van der Waals surface area contributed by atoms with Gasteiger partial charge in [-0.15, -0.1) is 0 Å². The SMILES string of the molecule is C=C/C(=C(\C=C/NC)NCC(O)c1cccc(Cl)c1)c1nc2cc(C=O)c(C=O)cc2[nH]1. The molecule has 7 nitrogen and oxygen atoms in total. The Kier molecular flexibility index (Phi) is 7.59. The summed E-state index contributed by atoms with van der Waals surface area (Å²) in [6, 6.07) is 10.2. The van der Waals surface area contributed by atoms with Crippen molar-refractivity contribution >= 4 is 40.8 Å². The number of hydrogen-bond acceptors (Lipinski definition) is 6. The number of carbonyl (C=O) groups excluding carboxylic acids is 2. The minimum atomic E-state index is -0.793. The zero-order valence-corrected chi connectivity index (χ0v) is 18.2. The highest BCUT2D eigenvalue weighted by Gasteiger charge is 2.14. The van der Waals surface area contributed by atoms with E-state index in [1.54, 1.807) is 61.8 Å². The third kappa shape index (κ3) is 5.14. The number of H-pyrrole nitrogens is 1. The molecule has 8 heteroatoms. The monoisotopic (exact) mass is 450 g/mol. The number of nitrogens with zero attached hydrogens (tertiary/aromatic N) is 1. The number of aldehydes is 2. The molecule has 0 saturated carbocycles. The maximum atomic E-state index is 11.3. The fraction of sp³-hybridized carbons (Fsp3) is 0.125. The zero-order chi connectivity index (χ0) is 23.1. The van der Waals surface area contributed by atoms with Crippen molar-refractivity contribution in [3.63, 3.8) is 0 Å². The molecule has 0 saturated heterocycles. The van der Waals surface area contributed by atoms with Crippen molar-refractivity contribution in [3.05, 3.63) is 94.6 Å². The lowest BCUT2D eigenvalue weighted by molar-refractivity contribution is 0.109. The molecule has 2 aromatic carbocycles. The Balaban J connectivity index is 1.98. The largest absolute Gasteiger partial charge is 0.394 e. The fourth-order valence-electron chi connectivity index (χ4n) is 3.20. The van der Waals surface area contributed by atoms with Crippen LogP contribution in [0.2, 0.25) is 5.02 Å². The van der Waals surface area contributed by atoms with Crippen molar-refractivity contribution in [3.8, 4) is 0 Å². The van der Waals surface area contributed by atoms with E-state index in [9.17, 15) is 14.7 Å². The maximum absolute atomic E-state index is 11.3. The van der Waals surface area contributed by atoms with Gasteiger partial charge in [0.05, 0.1) is 17.1 Å². The number of nitrogens with one attached hydrogen (secondary N) is 3. The molecule has 0 amide bonds. The van der Waals surface area contributed by atoms with Crippen LogP contribution in [-0.2, 0) is 0 Å². The quantitative estimate of drug-likeness (QED) is 0.276. The first-order valence-corrected chi connectivity index (χ1v) is 10.2. The molecule has 1 unspecified atom stereocenters. The smallest absolute Gasteiger partial charge is 0.150 e. The number of benzene rings is 2. The van der Waals surface area contributed by atoms with Crippen LogP contribution in [0, 0.1) is 0 Å². The Morgan fingerprint density at radius 1 is 1.25 bits per heavy atom. The van der Waals surface area contributed by atoms with Gasteiger partial charge in [0, 0.05) is 41.0 Å². The number of hydrogen-bond donors (Lipinski definition) is 4. The van der Waals surface area contributed by atoms with Crippen LogP contribution in [0.1, 0.15) is 38.2 Å². The van der Waals surface area contributed by atoms with Gasteiger partial charge in [-0.3, -0.25) is 9.59 Å². The first-order chi connectivity index (χ1) is 15.5. The van der Waals surface area contributed by atoms with Crippen LogP contribution in [-0.4, -0.2) is 41.2 Å². The molecule has 0 aliphatic heterocycles. The highest BCUT2D eigenvalue weighted by atomic mass is 35.5. The van der Waals surface area contributed by atoms with E-state index in [2.05, 4.69) is 27.2 Å². The van der Waals surface area contributed by atoms with Gasteiger partial charge in [-0.1, -0.05) is 36.4 Å². The number of imidazole rings is 1. The Hall–Kier alpha value is -3.68. The lowest BCUT2D eigenvalue weighted by atomic mass is 10.1. The summed E-state index contributed by atoms with van der Waals surface area (Å²) in [4.78, 5) is 30.3. The lowest BCUT2D eigenvalue weighted by Crippen LogP contribution is -2.21. The van der Waals surface area contributed by atoms with E-state index >= 15 is 0 Å². The molecule has 0 aliphatic carbocycles. The molecule has 1 atom stereocenters. The second-order valence-corrected chi connectivity index (χ2v) is 7.36. The number of aliphatic hydroxyl groups excluding tert-OH is 1. The van der Waals surface area contributed by atoms with Gasteiger partial charge in [0.1, 0.15) is 5.82 Å². The van der Waals surface area contributed by atoms with Gasteiger partial charge in [0.15, 0.2) is 12.6 Å². The number of halogens is 1. The van der Waals surface area contributed by atoms with E-state index in [0.29, 0.717) is 51.3 Å². The average Bonchev–Trinajstić information content (AvgIpc) is 3.21. The summed E-state index contributed by atoms with van der Waals surface area (Å²) in [5, 5.41) is 17.3. The van der Waals surface area contributed by atoms with Gasteiger partial charge < -0.3 is 20.7 Å². The van der Waals surface area contributed by atoms with Gasteiger partial charge >= 0.3 is 0 Å². The molecule has 32 heavy (non-hydrogen) atoms. The van der Waals surface area contributed by atoms with Gasteiger partial charge in [0.2, 0.25) is 0 Å². The molecule has 3 aromatic rings. The van der Waals surface area contributed by atoms with Gasteiger partial charge in [-0.25, -0.2) is 4.98 Å². The van der Waals surface area contributed by atoms with Crippen molar-refractivity contribution in [2.24, 2.45) is 0 Å². The molecule has 1 aromatic heterocycles. The third-order valence-corrected chi connectivity index (χ3v) is 5.06. The number of allylic oxidation sites excluding steroid dienone is 3. The Morgan fingerprint density at radius 2 is 2.00 bits per heavy atom. The molecular weight excluding hydrogens is 428 g/mol. The van der Waals surface area contributed by atoms with Gasteiger partial charge in [0.25, 0.3) is 0 Å². The molecule has 0 bridgehead atoms. The highest BCUT2D eigenvalue weighted by molar-refractivity contribution is 6.30. The van der Waals surface area contributed by atoms with Crippen LogP contribution in [0.3, 0.4) is 0 Å². The van der Waals surface area contributed by atoms with Crippen LogP contribution >= 0.6 is 11.6 Å². The molecule has 4 N–H and O–H groups in total. The number of fused-ring (bicyclic) bond motifs is 1. The normalized spacial score (nSPS) is 13.0. The number of carbonyl (C=O) groups is 2. The Morgan fingerprint density at radius 3 is 2.66 bits per heavy atom. The predicted molar refractivity (Wildman–Crippen MR) is 127 cm³/mol. The van der Waals surface area contributed by atoms with Crippen LogP contribution in [0.15, 0.2) is 67.0 Å². The van der Waals surface area contributed by atoms with E-state index in [4.69, 9.17) is 11.6 Å². The summed E-state index contributed by atoms with van der Waals surface area (Å²) < 4.78 is 0. The summed E-state index contributed by atoms with van der Waals surface area (Å²) in [6.07, 6.45) is 5.62. The maximum Gasteiger partial charge on any atom is 0.150 e. The van der Waals surface area contributed by atoms with E-state index in [1.807, 2.05) is 0 Å². The topological polar surface area (TPSA) is 107 Å².